The summed E-state index contributed by atoms with van der Waals surface area (Å²) in [5, 5.41) is 4.45. The Morgan fingerprint density at radius 1 is 1.57 bits per heavy atom. The van der Waals surface area contributed by atoms with Crippen LogP contribution in [0.25, 0.3) is 0 Å². The van der Waals surface area contributed by atoms with Gasteiger partial charge < -0.3 is 9.57 Å². The molecule has 1 unspecified atom stereocenters. The minimum absolute atomic E-state index is 0.0417. The first kappa shape index (κ1) is 16.0. The van der Waals surface area contributed by atoms with Gasteiger partial charge in [-0.1, -0.05) is 5.16 Å². The number of alkyl halides is 3. The van der Waals surface area contributed by atoms with Crippen LogP contribution in [0.1, 0.15) is 6.42 Å². The Labute approximate surface area is 122 Å². The van der Waals surface area contributed by atoms with E-state index in [9.17, 15) is 21.6 Å². The molecule has 1 aliphatic rings. The molecule has 1 atom stereocenters. The first-order valence-corrected chi connectivity index (χ1v) is 8.01. The maximum atomic E-state index is 12.4. The van der Waals surface area contributed by atoms with Crippen molar-refractivity contribution in [3.05, 3.63) is 11.4 Å². The number of hydrogen-bond acceptors (Lipinski definition) is 6. The van der Waals surface area contributed by atoms with Crippen LogP contribution in [-0.2, 0) is 14.9 Å². The second-order valence-electron chi connectivity index (χ2n) is 4.10. The molecule has 0 fully saturated rings. The van der Waals surface area contributed by atoms with E-state index < -0.39 is 34.4 Å². The number of halogens is 3. The summed E-state index contributed by atoms with van der Waals surface area (Å²) in [5.74, 6) is 0.173. The van der Waals surface area contributed by atoms with E-state index >= 15 is 0 Å². The maximum absolute atomic E-state index is 12.4. The van der Waals surface area contributed by atoms with E-state index in [1.165, 1.54) is 18.6 Å². The number of methoxy groups -OCH3 is 1. The minimum Gasteiger partial charge on any atom is -0.494 e. The third-order valence-corrected chi connectivity index (χ3v) is 5.49. The van der Waals surface area contributed by atoms with E-state index in [0.717, 1.165) is 11.3 Å². The second kappa shape index (κ2) is 5.81. The molecule has 11 heteroatoms. The van der Waals surface area contributed by atoms with Crippen LogP contribution in [0.3, 0.4) is 0 Å². The van der Waals surface area contributed by atoms with Crippen LogP contribution in [0.2, 0.25) is 0 Å². The Kier molecular flexibility index (Phi) is 4.44. The molecule has 0 radical (unpaired) electrons. The first-order valence-electron chi connectivity index (χ1n) is 5.65. The van der Waals surface area contributed by atoms with Gasteiger partial charge in [0.25, 0.3) is 10.0 Å². The van der Waals surface area contributed by atoms with E-state index in [2.05, 4.69) is 14.7 Å². The Balaban J connectivity index is 1.96. The third kappa shape index (κ3) is 3.66. The van der Waals surface area contributed by atoms with Crippen molar-refractivity contribution in [1.82, 2.24) is 4.72 Å². The summed E-state index contributed by atoms with van der Waals surface area (Å²) in [7, 11) is -2.54. The highest BCUT2D eigenvalue weighted by molar-refractivity contribution is 7.91. The maximum Gasteiger partial charge on any atom is 0.432 e. The Morgan fingerprint density at radius 3 is 2.86 bits per heavy atom. The lowest BCUT2D eigenvalue weighted by molar-refractivity contribution is -0.0604. The smallest absolute Gasteiger partial charge is 0.432 e. The van der Waals surface area contributed by atoms with Crippen LogP contribution in [0, 0.1) is 0 Å². The van der Waals surface area contributed by atoms with Crippen LogP contribution in [0.5, 0.6) is 5.75 Å². The molecule has 0 saturated carbocycles. The molecule has 0 aromatic carbocycles. The van der Waals surface area contributed by atoms with Crippen LogP contribution in [0.4, 0.5) is 13.2 Å². The van der Waals surface area contributed by atoms with Crippen molar-refractivity contribution in [3.63, 3.8) is 0 Å². The number of thiophene rings is 1. The van der Waals surface area contributed by atoms with Crippen molar-refractivity contribution in [2.45, 2.75) is 22.9 Å². The minimum atomic E-state index is -4.56. The zero-order valence-electron chi connectivity index (χ0n) is 10.7. The van der Waals surface area contributed by atoms with Gasteiger partial charge in [0, 0.05) is 6.42 Å². The predicted molar refractivity (Wildman–Crippen MR) is 69.0 cm³/mol. The second-order valence-corrected chi connectivity index (χ2v) is 6.97. The molecular weight excluding hydrogens is 333 g/mol. The number of sulfonamides is 1. The van der Waals surface area contributed by atoms with E-state index in [1.54, 1.807) is 0 Å². The summed E-state index contributed by atoms with van der Waals surface area (Å²) in [6, 6.07) is 1.48. The van der Waals surface area contributed by atoms with Gasteiger partial charge in [0.15, 0.2) is 9.92 Å². The number of ether oxygens (including phenoxy) is 1. The van der Waals surface area contributed by atoms with E-state index in [1.807, 2.05) is 0 Å². The molecule has 0 spiro atoms. The van der Waals surface area contributed by atoms with Gasteiger partial charge in [0.2, 0.25) is 0 Å². The zero-order valence-corrected chi connectivity index (χ0v) is 12.3. The van der Waals surface area contributed by atoms with Crippen molar-refractivity contribution in [1.29, 1.82) is 0 Å². The Hall–Kier alpha value is -1.33. The first-order chi connectivity index (χ1) is 9.74. The lowest BCUT2D eigenvalue weighted by atomic mass is 10.2. The molecule has 21 heavy (non-hydrogen) atoms. The van der Waals surface area contributed by atoms with Crippen molar-refractivity contribution in [2.24, 2.45) is 5.16 Å². The fourth-order valence-electron chi connectivity index (χ4n) is 1.60. The topological polar surface area (TPSA) is 77.0 Å². The van der Waals surface area contributed by atoms with Crippen molar-refractivity contribution >= 4 is 27.1 Å². The summed E-state index contributed by atoms with van der Waals surface area (Å²) in [4.78, 5) is 4.57. The van der Waals surface area contributed by atoms with Gasteiger partial charge in [-0.3, -0.25) is 0 Å². The average molecular weight is 344 g/mol. The van der Waals surface area contributed by atoms with Gasteiger partial charge in [-0.05, 0) is 11.4 Å². The summed E-state index contributed by atoms with van der Waals surface area (Å²) < 4.78 is 68.2. The number of hydrogen-bond donors (Lipinski definition) is 1. The number of nitrogens with zero attached hydrogens (tertiary/aromatic N) is 1. The fourth-order valence-corrected chi connectivity index (χ4v) is 3.99. The molecule has 2 rings (SSSR count). The molecule has 0 saturated heterocycles. The number of rotatable bonds is 5. The highest BCUT2D eigenvalue weighted by Crippen LogP contribution is 2.30. The molecule has 0 amide bonds. The summed E-state index contributed by atoms with van der Waals surface area (Å²) in [6.07, 6.45) is -6.04. The average Bonchev–Trinajstić information content (AvgIpc) is 3.04. The molecule has 1 aromatic rings. The molecule has 1 aromatic heterocycles. The fraction of sp³-hybridized carbons (Fsp3) is 0.500. The molecule has 0 aliphatic carbocycles. The van der Waals surface area contributed by atoms with Gasteiger partial charge in [0.1, 0.15) is 11.9 Å². The predicted octanol–water partition coefficient (Wildman–Crippen LogP) is 1.74. The van der Waals surface area contributed by atoms with E-state index in [-0.39, 0.29) is 16.5 Å². The monoisotopic (exact) mass is 344 g/mol. The number of nitrogens with one attached hydrogen (secondary N) is 1. The largest absolute Gasteiger partial charge is 0.494 e. The van der Waals surface area contributed by atoms with Gasteiger partial charge in [0.05, 0.1) is 13.7 Å². The molecule has 2 heterocycles. The molecule has 0 bridgehead atoms. The van der Waals surface area contributed by atoms with Crippen LogP contribution >= 0.6 is 11.3 Å². The van der Waals surface area contributed by atoms with Crippen molar-refractivity contribution in [3.8, 4) is 5.75 Å². The number of oxime groups is 1. The summed E-state index contributed by atoms with van der Waals surface area (Å²) in [6.45, 7) is -0.313. The van der Waals surface area contributed by atoms with E-state index in [4.69, 9.17) is 4.74 Å². The zero-order chi connectivity index (χ0) is 15.7. The molecule has 1 N–H and O–H groups in total. The highest BCUT2D eigenvalue weighted by atomic mass is 32.2. The van der Waals surface area contributed by atoms with E-state index in [0.29, 0.717) is 0 Å². The third-order valence-electron chi connectivity index (χ3n) is 2.62. The lowest BCUT2D eigenvalue weighted by Gasteiger charge is -2.10. The summed E-state index contributed by atoms with van der Waals surface area (Å²) in [5.41, 5.74) is -1.06. The van der Waals surface area contributed by atoms with Gasteiger partial charge in [-0.15, -0.1) is 11.3 Å². The van der Waals surface area contributed by atoms with Gasteiger partial charge in [-0.25, -0.2) is 13.1 Å². The van der Waals surface area contributed by atoms with Crippen LogP contribution in [-0.4, -0.2) is 40.1 Å². The van der Waals surface area contributed by atoms with Crippen molar-refractivity contribution in [2.75, 3.05) is 13.7 Å². The standard InChI is InChI=1S/C10H11F3N2O4S2/c1-18-7-2-3-20-9(7)21(16,17)14-5-6-4-8(15-19-6)10(11,12)13/h2-3,6,14H,4-5H2,1H3. The van der Waals surface area contributed by atoms with Gasteiger partial charge >= 0.3 is 6.18 Å². The van der Waals surface area contributed by atoms with Crippen molar-refractivity contribution < 1.29 is 31.2 Å². The molecule has 118 valence electrons. The molecular formula is C10H11F3N2O4S2. The Bertz CT molecular complexity index is 639. The summed E-state index contributed by atoms with van der Waals surface area (Å²) >= 11 is 0.943. The van der Waals surface area contributed by atoms with Crippen LogP contribution < -0.4 is 9.46 Å². The van der Waals surface area contributed by atoms with Crippen LogP contribution in [0.15, 0.2) is 20.8 Å². The quantitative estimate of drug-likeness (QED) is 0.883. The molecule has 1 aliphatic heterocycles. The Morgan fingerprint density at radius 2 is 2.29 bits per heavy atom. The highest BCUT2D eigenvalue weighted by Gasteiger charge is 2.41. The molecule has 6 nitrogen and oxygen atoms in total. The SMILES string of the molecule is COc1ccsc1S(=O)(=O)NCC1CC(C(F)(F)F)=NO1. The lowest BCUT2D eigenvalue weighted by Crippen LogP contribution is -2.33. The van der Waals surface area contributed by atoms with Gasteiger partial charge in [-0.2, -0.15) is 13.2 Å². The normalized spacial score (nSPS) is 19.2.